The molecule has 5 nitrogen and oxygen atoms in total. The van der Waals surface area contributed by atoms with Crippen LogP contribution in [0.1, 0.15) is 11.1 Å². The van der Waals surface area contributed by atoms with Gasteiger partial charge < -0.3 is 9.84 Å². The number of nitro groups is 1. The highest BCUT2D eigenvalue weighted by Gasteiger charge is 2.20. The van der Waals surface area contributed by atoms with Crippen LogP contribution in [0.3, 0.4) is 0 Å². The first-order valence-corrected chi connectivity index (χ1v) is 7.52. The monoisotopic (exact) mass is 415 g/mol. The van der Waals surface area contributed by atoms with Crippen LogP contribution in [0.15, 0.2) is 39.3 Å². The van der Waals surface area contributed by atoms with Gasteiger partial charge in [0.25, 0.3) is 0 Å². The van der Waals surface area contributed by atoms with Crippen LogP contribution in [0, 0.1) is 17.0 Å². The molecule has 0 aromatic heterocycles. The quantitative estimate of drug-likeness (QED) is 0.578. The lowest BCUT2D eigenvalue weighted by atomic mass is 10.2. The third kappa shape index (κ3) is 3.61. The second-order valence-electron chi connectivity index (χ2n) is 4.34. The van der Waals surface area contributed by atoms with Gasteiger partial charge in [0.15, 0.2) is 0 Å². The fraction of sp³-hybridized carbons (Fsp3) is 0.143. The molecule has 0 amide bonds. The Labute approximate surface area is 138 Å². The number of halogens is 2. The molecular weight excluding hydrogens is 406 g/mol. The molecule has 0 aliphatic heterocycles. The first kappa shape index (κ1) is 15.9. The van der Waals surface area contributed by atoms with Crippen LogP contribution < -0.4 is 4.74 Å². The highest BCUT2D eigenvalue weighted by Crippen LogP contribution is 2.38. The molecule has 0 bridgehead atoms. The Morgan fingerprint density at radius 3 is 2.57 bits per heavy atom. The summed E-state index contributed by atoms with van der Waals surface area (Å²) in [5.74, 6) is 0.550. The van der Waals surface area contributed by atoms with Gasteiger partial charge in [-0.2, -0.15) is 0 Å². The van der Waals surface area contributed by atoms with E-state index in [2.05, 4.69) is 31.9 Å². The maximum Gasteiger partial charge on any atom is 0.312 e. The van der Waals surface area contributed by atoms with Crippen LogP contribution in [-0.4, -0.2) is 10.0 Å². The largest absolute Gasteiger partial charge is 0.449 e. The summed E-state index contributed by atoms with van der Waals surface area (Å²) in [6, 6.07) is 8.23. The Morgan fingerprint density at radius 2 is 1.95 bits per heavy atom. The van der Waals surface area contributed by atoms with Gasteiger partial charge in [-0.3, -0.25) is 10.1 Å². The minimum absolute atomic E-state index is 0.131. The van der Waals surface area contributed by atoms with Gasteiger partial charge in [-0.25, -0.2) is 0 Å². The molecule has 0 saturated carbocycles. The topological polar surface area (TPSA) is 72.6 Å². The van der Waals surface area contributed by atoms with E-state index >= 15 is 0 Å². The Kier molecular flexibility index (Phi) is 4.97. The molecule has 0 aliphatic rings. The van der Waals surface area contributed by atoms with Crippen molar-refractivity contribution in [1.82, 2.24) is 0 Å². The van der Waals surface area contributed by atoms with E-state index in [4.69, 9.17) is 4.74 Å². The van der Waals surface area contributed by atoms with Gasteiger partial charge in [0.2, 0.25) is 5.75 Å². The standard InChI is InChI=1S/C14H11Br2NO4/c1-8-4-11(16)6-12(17(19)20)14(8)21-13-3-2-10(15)5-9(13)7-18/h2-6,18H,7H2,1H3. The number of rotatable bonds is 4. The molecule has 2 aromatic rings. The molecule has 0 spiro atoms. The van der Waals surface area contributed by atoms with Gasteiger partial charge >= 0.3 is 5.69 Å². The summed E-state index contributed by atoms with van der Waals surface area (Å²) in [6.07, 6.45) is 0. The van der Waals surface area contributed by atoms with Crippen LogP contribution in [0.5, 0.6) is 11.5 Å². The highest BCUT2D eigenvalue weighted by atomic mass is 79.9. The molecule has 7 heteroatoms. The van der Waals surface area contributed by atoms with Gasteiger partial charge in [0.05, 0.1) is 11.5 Å². The third-order valence-corrected chi connectivity index (χ3v) is 3.77. The predicted molar refractivity (Wildman–Crippen MR) is 85.7 cm³/mol. The molecule has 1 N–H and O–H groups in total. The normalized spacial score (nSPS) is 10.5. The van der Waals surface area contributed by atoms with Crippen molar-refractivity contribution >= 4 is 37.5 Å². The zero-order valence-corrected chi connectivity index (χ0v) is 14.1. The molecule has 0 aliphatic carbocycles. The number of ether oxygens (including phenoxy) is 1. The van der Waals surface area contributed by atoms with Crippen molar-refractivity contribution in [3.05, 3.63) is 60.5 Å². The minimum atomic E-state index is -0.495. The summed E-state index contributed by atoms with van der Waals surface area (Å²) in [6.45, 7) is 1.50. The molecule has 0 saturated heterocycles. The Bertz CT molecular complexity index is 704. The van der Waals surface area contributed by atoms with Gasteiger partial charge in [0, 0.05) is 20.6 Å². The van der Waals surface area contributed by atoms with E-state index in [9.17, 15) is 15.2 Å². The third-order valence-electron chi connectivity index (χ3n) is 2.82. The van der Waals surface area contributed by atoms with Crippen molar-refractivity contribution in [1.29, 1.82) is 0 Å². The maximum atomic E-state index is 11.2. The summed E-state index contributed by atoms with van der Waals surface area (Å²) in [4.78, 5) is 10.7. The zero-order chi connectivity index (χ0) is 15.6. The van der Waals surface area contributed by atoms with Crippen LogP contribution in [0.4, 0.5) is 5.69 Å². The first-order valence-electron chi connectivity index (χ1n) is 5.94. The average Bonchev–Trinajstić information content (AvgIpc) is 2.42. The van der Waals surface area contributed by atoms with Crippen molar-refractivity contribution in [2.24, 2.45) is 0 Å². The summed E-state index contributed by atoms with van der Waals surface area (Å²) >= 11 is 6.54. The molecule has 0 fully saturated rings. The van der Waals surface area contributed by atoms with Crippen molar-refractivity contribution in [2.75, 3.05) is 0 Å². The van der Waals surface area contributed by atoms with Crippen molar-refractivity contribution in [3.8, 4) is 11.5 Å². The second-order valence-corrected chi connectivity index (χ2v) is 6.17. The smallest absolute Gasteiger partial charge is 0.312 e. The van der Waals surface area contributed by atoms with Crippen LogP contribution in [0.2, 0.25) is 0 Å². The molecule has 0 atom stereocenters. The van der Waals surface area contributed by atoms with Crippen molar-refractivity contribution in [2.45, 2.75) is 13.5 Å². The maximum absolute atomic E-state index is 11.2. The molecule has 0 heterocycles. The number of nitro benzene ring substituents is 1. The SMILES string of the molecule is Cc1cc(Br)cc([N+](=O)[O-])c1Oc1ccc(Br)cc1CO. The molecule has 0 radical (unpaired) electrons. The fourth-order valence-corrected chi connectivity index (χ4v) is 2.83. The zero-order valence-electron chi connectivity index (χ0n) is 11.0. The van der Waals surface area contributed by atoms with Crippen molar-refractivity contribution < 1.29 is 14.8 Å². The number of hydrogen-bond donors (Lipinski definition) is 1. The Hall–Kier alpha value is -1.44. The number of aryl methyl sites for hydroxylation is 1. The van der Waals surface area contributed by atoms with Crippen LogP contribution in [-0.2, 0) is 6.61 Å². The van der Waals surface area contributed by atoms with E-state index in [1.54, 1.807) is 31.2 Å². The molecular formula is C14H11Br2NO4. The Morgan fingerprint density at radius 1 is 1.24 bits per heavy atom. The number of aliphatic hydroxyl groups excluding tert-OH is 1. The summed E-state index contributed by atoms with van der Waals surface area (Å²) < 4.78 is 7.09. The Balaban J connectivity index is 2.51. The van der Waals surface area contributed by atoms with E-state index in [0.717, 1.165) is 4.47 Å². The second kappa shape index (κ2) is 6.55. The van der Waals surface area contributed by atoms with Gasteiger partial charge in [-0.15, -0.1) is 0 Å². The molecule has 21 heavy (non-hydrogen) atoms. The highest BCUT2D eigenvalue weighted by molar-refractivity contribution is 9.10. The average molecular weight is 417 g/mol. The van der Waals surface area contributed by atoms with E-state index < -0.39 is 4.92 Å². The summed E-state index contributed by atoms with van der Waals surface area (Å²) in [5, 5.41) is 20.5. The minimum Gasteiger partial charge on any atom is -0.449 e. The lowest BCUT2D eigenvalue weighted by molar-refractivity contribution is -0.385. The predicted octanol–water partition coefficient (Wildman–Crippen LogP) is 4.71. The number of nitrogens with zero attached hydrogens (tertiary/aromatic N) is 1. The van der Waals surface area contributed by atoms with E-state index in [-0.39, 0.29) is 18.0 Å². The van der Waals surface area contributed by atoms with Gasteiger partial charge in [-0.05, 0) is 36.8 Å². The van der Waals surface area contributed by atoms with Gasteiger partial charge in [0.1, 0.15) is 5.75 Å². The number of hydrogen-bond acceptors (Lipinski definition) is 4. The summed E-state index contributed by atoms with van der Waals surface area (Å²) in [7, 11) is 0. The first-order chi connectivity index (χ1) is 9.92. The van der Waals surface area contributed by atoms with Crippen LogP contribution >= 0.6 is 31.9 Å². The van der Waals surface area contributed by atoms with Gasteiger partial charge in [-0.1, -0.05) is 31.9 Å². The van der Waals surface area contributed by atoms with Crippen LogP contribution in [0.25, 0.3) is 0 Å². The number of aliphatic hydroxyl groups is 1. The molecule has 2 aromatic carbocycles. The lowest BCUT2D eigenvalue weighted by Gasteiger charge is -2.12. The molecule has 0 unspecified atom stereocenters. The van der Waals surface area contributed by atoms with E-state index in [1.165, 1.54) is 6.07 Å². The van der Waals surface area contributed by atoms with Crippen molar-refractivity contribution in [3.63, 3.8) is 0 Å². The number of benzene rings is 2. The lowest BCUT2D eigenvalue weighted by Crippen LogP contribution is -1.98. The van der Waals surface area contributed by atoms with E-state index in [0.29, 0.717) is 21.3 Å². The molecule has 2 rings (SSSR count). The summed E-state index contributed by atoms with van der Waals surface area (Å²) in [5.41, 5.74) is 1.04. The molecule has 110 valence electrons. The fourth-order valence-electron chi connectivity index (χ4n) is 1.86. The van der Waals surface area contributed by atoms with E-state index in [1.807, 2.05) is 0 Å².